The van der Waals surface area contributed by atoms with Crippen LogP contribution in [-0.4, -0.2) is 25.3 Å². The second-order valence-corrected chi connectivity index (χ2v) is 6.86. The van der Waals surface area contributed by atoms with Gasteiger partial charge in [0.2, 0.25) is 10.0 Å². The highest BCUT2D eigenvalue weighted by molar-refractivity contribution is 7.92. The maximum atomic E-state index is 12.3. The van der Waals surface area contributed by atoms with Gasteiger partial charge in [-0.2, -0.15) is 9.57 Å². The van der Waals surface area contributed by atoms with E-state index in [-0.39, 0.29) is 19.0 Å². The van der Waals surface area contributed by atoms with E-state index in [0.717, 1.165) is 18.4 Å². The summed E-state index contributed by atoms with van der Waals surface area (Å²) in [6.45, 7) is 0.258. The molecule has 0 amide bonds. The van der Waals surface area contributed by atoms with Crippen molar-refractivity contribution in [2.75, 3.05) is 6.54 Å². The fourth-order valence-electron chi connectivity index (χ4n) is 1.86. The first-order chi connectivity index (χ1) is 9.53. The molecule has 0 atom stereocenters. The van der Waals surface area contributed by atoms with Gasteiger partial charge < -0.3 is 0 Å². The molecular formula is C14H15ClN2O2S. The van der Waals surface area contributed by atoms with Crippen LogP contribution in [0.3, 0.4) is 0 Å². The van der Waals surface area contributed by atoms with Gasteiger partial charge in [-0.05, 0) is 36.6 Å². The summed E-state index contributed by atoms with van der Waals surface area (Å²) in [4.78, 5) is 0. The summed E-state index contributed by atoms with van der Waals surface area (Å²) >= 11 is 5.78. The quantitative estimate of drug-likeness (QED) is 0.811. The van der Waals surface area contributed by atoms with Crippen molar-refractivity contribution >= 4 is 27.7 Å². The molecule has 1 aliphatic rings. The molecule has 0 saturated heterocycles. The molecule has 1 aliphatic carbocycles. The molecule has 0 N–H and O–H groups in total. The summed E-state index contributed by atoms with van der Waals surface area (Å²) in [5.74, 6) is 0. The molecule has 0 spiro atoms. The molecule has 1 aromatic rings. The molecule has 0 bridgehead atoms. The number of nitrogens with zero attached hydrogens (tertiary/aromatic N) is 2. The lowest BCUT2D eigenvalue weighted by molar-refractivity contribution is 0.417. The smallest absolute Gasteiger partial charge is 0.207 e. The molecule has 0 aromatic heterocycles. The molecule has 1 saturated carbocycles. The van der Waals surface area contributed by atoms with Gasteiger partial charge in [-0.1, -0.05) is 23.7 Å². The van der Waals surface area contributed by atoms with E-state index in [4.69, 9.17) is 16.9 Å². The third kappa shape index (κ3) is 4.07. The monoisotopic (exact) mass is 310 g/mol. The van der Waals surface area contributed by atoms with Gasteiger partial charge in [-0.15, -0.1) is 0 Å². The Morgan fingerprint density at radius 1 is 1.35 bits per heavy atom. The number of halogens is 1. The Morgan fingerprint density at radius 2 is 2.00 bits per heavy atom. The van der Waals surface area contributed by atoms with E-state index in [2.05, 4.69) is 0 Å². The van der Waals surface area contributed by atoms with Crippen LogP contribution >= 0.6 is 11.6 Å². The van der Waals surface area contributed by atoms with Crippen molar-refractivity contribution in [2.45, 2.75) is 25.3 Å². The van der Waals surface area contributed by atoms with Crippen molar-refractivity contribution in [3.8, 4) is 6.07 Å². The van der Waals surface area contributed by atoms with Crippen LogP contribution < -0.4 is 0 Å². The van der Waals surface area contributed by atoms with Crippen molar-refractivity contribution < 1.29 is 8.42 Å². The van der Waals surface area contributed by atoms with E-state index in [1.807, 2.05) is 6.07 Å². The molecule has 1 aromatic carbocycles. The molecule has 0 aliphatic heterocycles. The lowest BCUT2D eigenvalue weighted by Crippen LogP contribution is -2.32. The third-order valence-corrected chi connectivity index (χ3v) is 4.89. The number of rotatable bonds is 6. The van der Waals surface area contributed by atoms with Gasteiger partial charge in [0, 0.05) is 29.4 Å². The predicted octanol–water partition coefficient (Wildman–Crippen LogP) is 3.02. The number of sulfonamides is 1. The second-order valence-electron chi connectivity index (χ2n) is 4.65. The van der Waals surface area contributed by atoms with Gasteiger partial charge in [-0.25, -0.2) is 8.42 Å². The molecule has 2 rings (SSSR count). The normalized spacial score (nSPS) is 15.7. The SMILES string of the molecule is N#CCCN(C1CC1)S(=O)(=O)C=Cc1ccc(Cl)cc1. The summed E-state index contributed by atoms with van der Waals surface area (Å²) in [6, 6.07) is 8.98. The van der Waals surface area contributed by atoms with Gasteiger partial charge >= 0.3 is 0 Å². The molecule has 4 nitrogen and oxygen atoms in total. The second kappa shape index (κ2) is 6.40. The molecule has 0 radical (unpaired) electrons. The van der Waals surface area contributed by atoms with Crippen LogP contribution in [0, 0.1) is 11.3 Å². The first-order valence-corrected chi connectivity index (χ1v) is 8.23. The van der Waals surface area contributed by atoms with Crippen LogP contribution in [0.25, 0.3) is 6.08 Å². The molecule has 6 heteroatoms. The predicted molar refractivity (Wildman–Crippen MR) is 79.4 cm³/mol. The highest BCUT2D eigenvalue weighted by Gasteiger charge is 2.35. The van der Waals surface area contributed by atoms with Crippen molar-refractivity contribution in [3.05, 3.63) is 40.3 Å². The van der Waals surface area contributed by atoms with E-state index < -0.39 is 10.0 Å². The third-order valence-electron chi connectivity index (χ3n) is 3.03. The summed E-state index contributed by atoms with van der Waals surface area (Å²) in [5, 5.41) is 10.4. The summed E-state index contributed by atoms with van der Waals surface area (Å²) in [7, 11) is -3.47. The molecule has 20 heavy (non-hydrogen) atoms. The number of benzene rings is 1. The first kappa shape index (κ1) is 15.0. The largest absolute Gasteiger partial charge is 0.236 e. The average molecular weight is 311 g/mol. The lowest BCUT2D eigenvalue weighted by Gasteiger charge is -2.18. The summed E-state index contributed by atoms with van der Waals surface area (Å²) < 4.78 is 25.9. The van der Waals surface area contributed by atoms with Crippen molar-refractivity contribution in [1.29, 1.82) is 5.26 Å². The fraction of sp³-hybridized carbons (Fsp3) is 0.357. The van der Waals surface area contributed by atoms with E-state index in [1.54, 1.807) is 30.3 Å². The number of hydrogen-bond donors (Lipinski definition) is 0. The molecule has 0 unspecified atom stereocenters. The minimum Gasteiger partial charge on any atom is -0.207 e. The zero-order chi connectivity index (χ0) is 14.6. The summed E-state index contributed by atoms with van der Waals surface area (Å²) in [6.07, 6.45) is 3.51. The van der Waals surface area contributed by atoms with Crippen molar-refractivity contribution in [3.63, 3.8) is 0 Å². The maximum absolute atomic E-state index is 12.3. The van der Waals surface area contributed by atoms with Gasteiger partial charge in [0.15, 0.2) is 0 Å². The minimum absolute atomic E-state index is 0.0585. The number of hydrogen-bond acceptors (Lipinski definition) is 3. The van der Waals surface area contributed by atoms with E-state index in [1.165, 1.54) is 9.71 Å². The fourth-order valence-corrected chi connectivity index (χ4v) is 3.44. The lowest BCUT2D eigenvalue weighted by atomic mass is 10.2. The molecular weight excluding hydrogens is 296 g/mol. The Labute approximate surface area is 124 Å². The van der Waals surface area contributed by atoms with Crippen LogP contribution in [0.2, 0.25) is 5.02 Å². The molecule has 106 valence electrons. The van der Waals surface area contributed by atoms with Gasteiger partial charge in [-0.3, -0.25) is 0 Å². The minimum atomic E-state index is -3.47. The maximum Gasteiger partial charge on any atom is 0.236 e. The molecule has 0 heterocycles. The Hall–Kier alpha value is -1.35. The topological polar surface area (TPSA) is 61.2 Å². The Morgan fingerprint density at radius 3 is 2.55 bits per heavy atom. The van der Waals surface area contributed by atoms with Crippen LogP contribution in [0.15, 0.2) is 29.7 Å². The highest BCUT2D eigenvalue weighted by Crippen LogP contribution is 2.30. The Balaban J connectivity index is 2.12. The van der Waals surface area contributed by atoms with E-state index >= 15 is 0 Å². The average Bonchev–Trinajstić information content (AvgIpc) is 3.23. The van der Waals surface area contributed by atoms with Crippen molar-refractivity contribution in [1.82, 2.24) is 4.31 Å². The van der Waals surface area contributed by atoms with Gasteiger partial charge in [0.1, 0.15) is 0 Å². The number of nitriles is 1. The Bertz CT molecular complexity index is 628. The van der Waals surface area contributed by atoms with Crippen molar-refractivity contribution in [2.24, 2.45) is 0 Å². The first-order valence-electron chi connectivity index (χ1n) is 6.35. The van der Waals surface area contributed by atoms with Gasteiger partial charge in [0.05, 0.1) is 6.07 Å². The molecule has 1 fully saturated rings. The van der Waals surface area contributed by atoms with Crippen LogP contribution in [0.1, 0.15) is 24.8 Å². The standard InChI is InChI=1S/C14H15ClN2O2S/c15-13-4-2-12(3-5-13)8-11-20(18,19)17(10-1-9-16)14-6-7-14/h2-5,8,11,14H,1,6-7,10H2. The van der Waals surface area contributed by atoms with E-state index in [9.17, 15) is 8.42 Å². The van der Waals surface area contributed by atoms with Crippen LogP contribution in [0.5, 0.6) is 0 Å². The van der Waals surface area contributed by atoms with Crippen LogP contribution in [-0.2, 0) is 10.0 Å². The highest BCUT2D eigenvalue weighted by atomic mass is 35.5. The van der Waals surface area contributed by atoms with Gasteiger partial charge in [0.25, 0.3) is 0 Å². The zero-order valence-corrected chi connectivity index (χ0v) is 12.4. The Kier molecular flexibility index (Phi) is 4.81. The zero-order valence-electron chi connectivity index (χ0n) is 10.9. The summed E-state index contributed by atoms with van der Waals surface area (Å²) in [5.41, 5.74) is 0.772. The van der Waals surface area contributed by atoms with E-state index in [0.29, 0.717) is 5.02 Å². The van der Waals surface area contributed by atoms with Crippen LogP contribution in [0.4, 0.5) is 0 Å².